The maximum atomic E-state index is 15.0. The maximum absolute atomic E-state index is 15.0. The predicted molar refractivity (Wildman–Crippen MR) is 144 cm³/mol. The Morgan fingerprint density at radius 3 is 2.34 bits per heavy atom. The molecule has 0 aliphatic carbocycles. The number of methoxy groups -OCH3 is 1. The van der Waals surface area contributed by atoms with E-state index in [1.165, 1.54) is 37.4 Å². The number of sulfonamides is 1. The van der Waals surface area contributed by atoms with Crippen molar-refractivity contribution in [3.63, 3.8) is 0 Å². The van der Waals surface area contributed by atoms with Gasteiger partial charge < -0.3 is 25.4 Å². The summed E-state index contributed by atoms with van der Waals surface area (Å²) in [5, 5.41) is 14.8. The molecule has 1 atom stereocenters. The normalized spacial score (nSPS) is 14.8. The van der Waals surface area contributed by atoms with Gasteiger partial charge in [0.2, 0.25) is 16.0 Å². The molecule has 2 aromatic carbocycles. The zero-order chi connectivity index (χ0) is 29.6. The molecule has 0 radical (unpaired) electrons. The Hall–Kier alpha value is -4.37. The van der Waals surface area contributed by atoms with Gasteiger partial charge >= 0.3 is 5.97 Å². The molecule has 3 aromatic rings. The van der Waals surface area contributed by atoms with Crippen molar-refractivity contribution in [2.75, 3.05) is 37.0 Å². The molecule has 15 heteroatoms. The van der Waals surface area contributed by atoms with Crippen LogP contribution in [0.1, 0.15) is 23.2 Å². The van der Waals surface area contributed by atoms with Gasteiger partial charge in [-0.05, 0) is 55.3 Å². The van der Waals surface area contributed by atoms with Crippen LogP contribution in [0.4, 0.5) is 20.4 Å². The third-order valence-electron chi connectivity index (χ3n) is 6.47. The highest BCUT2D eigenvalue weighted by atomic mass is 32.2. The van der Waals surface area contributed by atoms with Crippen LogP contribution < -0.4 is 25.0 Å². The Morgan fingerprint density at radius 2 is 1.73 bits per heavy atom. The van der Waals surface area contributed by atoms with E-state index in [1.54, 1.807) is 23.4 Å². The molecule has 12 nitrogen and oxygen atoms in total. The first kappa shape index (κ1) is 29.6. The number of carboxylic acids is 1. The third kappa shape index (κ3) is 7.24. The van der Waals surface area contributed by atoms with Crippen LogP contribution in [-0.4, -0.2) is 74.2 Å². The summed E-state index contributed by atoms with van der Waals surface area (Å²) >= 11 is 0. The molecule has 1 saturated heterocycles. The van der Waals surface area contributed by atoms with Gasteiger partial charge in [0.15, 0.2) is 11.6 Å². The van der Waals surface area contributed by atoms with Crippen LogP contribution >= 0.6 is 0 Å². The summed E-state index contributed by atoms with van der Waals surface area (Å²) in [6.45, 7) is 0.111. The highest BCUT2D eigenvalue weighted by Crippen LogP contribution is 2.27. The van der Waals surface area contributed by atoms with E-state index in [2.05, 4.69) is 20.6 Å². The molecular weight excluding hydrogens is 562 g/mol. The Labute approximate surface area is 234 Å². The number of carbonyl (C=O) groups is 2. The van der Waals surface area contributed by atoms with E-state index in [1.807, 2.05) is 4.72 Å². The van der Waals surface area contributed by atoms with Crippen molar-refractivity contribution in [2.45, 2.75) is 29.8 Å². The predicted octanol–water partition coefficient (Wildman–Crippen LogP) is 2.01. The number of aromatic nitrogens is 2. The van der Waals surface area contributed by atoms with Crippen molar-refractivity contribution in [1.82, 2.24) is 20.0 Å². The van der Waals surface area contributed by atoms with Crippen molar-refractivity contribution >= 4 is 33.5 Å². The lowest BCUT2D eigenvalue weighted by Gasteiger charge is -2.34. The van der Waals surface area contributed by atoms with Gasteiger partial charge in [0.25, 0.3) is 5.91 Å². The number of aliphatic carboxylic acids is 1. The highest BCUT2D eigenvalue weighted by Gasteiger charge is 2.28. The Bertz CT molecular complexity index is 1490. The van der Waals surface area contributed by atoms with Crippen LogP contribution in [0.5, 0.6) is 5.75 Å². The number of nitrogens with zero attached hydrogens (tertiary/aromatic N) is 3. The first-order valence-corrected chi connectivity index (χ1v) is 14.0. The molecule has 0 spiro atoms. The standard InChI is InChI=1S/C26H28F2N6O6S/c1-40-17-3-5-18(6-4-17)41(38,39)33-20(25(36)37)15-31-24(35)19-7-8-21(23(28)22(19)27)34-13-9-16(10-14-34)32-26-29-11-2-12-30-26/h2-8,11-12,16,20,33H,9-10,13-15H2,1H3,(H,31,35)(H,36,37)(H,29,30,32)/t20-/m0/s1. The molecule has 218 valence electrons. The second-order valence-electron chi connectivity index (χ2n) is 9.14. The molecule has 0 saturated carbocycles. The molecule has 1 amide bonds. The minimum Gasteiger partial charge on any atom is -0.497 e. The Kier molecular flexibility index (Phi) is 9.29. The number of amides is 1. The summed E-state index contributed by atoms with van der Waals surface area (Å²) in [7, 11) is -2.89. The molecule has 0 unspecified atom stereocenters. The number of halogens is 2. The number of carbonyl (C=O) groups excluding carboxylic acids is 1. The minimum atomic E-state index is -4.29. The van der Waals surface area contributed by atoms with Crippen molar-refractivity contribution in [1.29, 1.82) is 0 Å². The molecular formula is C26H28F2N6O6S. The maximum Gasteiger partial charge on any atom is 0.323 e. The molecule has 4 N–H and O–H groups in total. The SMILES string of the molecule is COc1ccc(S(=O)(=O)N[C@@H](CNC(=O)c2ccc(N3CCC(Nc4ncccn4)CC3)c(F)c2F)C(=O)O)cc1. The van der Waals surface area contributed by atoms with Crippen LogP contribution in [-0.2, 0) is 14.8 Å². The summed E-state index contributed by atoms with van der Waals surface area (Å²) < 4.78 is 62.1. The summed E-state index contributed by atoms with van der Waals surface area (Å²) in [5.74, 6) is -4.42. The molecule has 0 bridgehead atoms. The first-order valence-electron chi connectivity index (χ1n) is 12.5. The van der Waals surface area contributed by atoms with E-state index in [0.29, 0.717) is 37.6 Å². The monoisotopic (exact) mass is 590 g/mol. The summed E-state index contributed by atoms with van der Waals surface area (Å²) in [5.41, 5.74) is -0.657. The zero-order valence-corrected chi connectivity index (χ0v) is 22.7. The van der Waals surface area contributed by atoms with E-state index in [9.17, 15) is 27.5 Å². The second kappa shape index (κ2) is 12.9. The van der Waals surface area contributed by atoms with Crippen LogP contribution in [0.3, 0.4) is 0 Å². The average Bonchev–Trinajstić information content (AvgIpc) is 2.97. The zero-order valence-electron chi connectivity index (χ0n) is 21.9. The molecule has 4 rings (SSSR count). The van der Waals surface area contributed by atoms with Crippen LogP contribution in [0.15, 0.2) is 59.8 Å². The number of carboxylic acid groups (broad SMARTS) is 1. The molecule has 1 aliphatic heterocycles. The first-order chi connectivity index (χ1) is 19.6. The Morgan fingerprint density at radius 1 is 1.07 bits per heavy atom. The van der Waals surface area contributed by atoms with Gasteiger partial charge in [-0.15, -0.1) is 0 Å². The van der Waals surface area contributed by atoms with Crippen LogP contribution in [0, 0.1) is 11.6 Å². The third-order valence-corrected chi connectivity index (χ3v) is 7.96. The molecule has 1 aromatic heterocycles. The fourth-order valence-electron chi connectivity index (χ4n) is 4.26. The number of anilines is 2. The lowest BCUT2D eigenvalue weighted by molar-refractivity contribution is -0.138. The number of hydrogen-bond donors (Lipinski definition) is 4. The van der Waals surface area contributed by atoms with Gasteiger partial charge in [-0.2, -0.15) is 4.72 Å². The molecule has 1 aliphatic rings. The van der Waals surface area contributed by atoms with Gasteiger partial charge in [0.1, 0.15) is 11.8 Å². The molecule has 1 fully saturated rings. The fraction of sp³-hybridized carbons (Fsp3) is 0.308. The van der Waals surface area contributed by atoms with Gasteiger partial charge in [-0.3, -0.25) is 9.59 Å². The van der Waals surface area contributed by atoms with E-state index in [-0.39, 0.29) is 16.6 Å². The van der Waals surface area contributed by atoms with E-state index >= 15 is 4.39 Å². The van der Waals surface area contributed by atoms with E-state index < -0.39 is 51.7 Å². The quantitative estimate of drug-likeness (QED) is 0.260. The topological polar surface area (TPSA) is 163 Å². The van der Waals surface area contributed by atoms with Gasteiger partial charge in [0, 0.05) is 38.1 Å². The number of rotatable bonds is 11. The van der Waals surface area contributed by atoms with E-state index in [4.69, 9.17) is 4.74 Å². The van der Waals surface area contributed by atoms with Gasteiger partial charge in [-0.25, -0.2) is 27.2 Å². The van der Waals surface area contributed by atoms with Gasteiger partial charge in [0.05, 0.1) is 23.3 Å². The number of nitrogens with one attached hydrogen (secondary N) is 3. The fourth-order valence-corrected chi connectivity index (χ4v) is 5.45. The molecule has 2 heterocycles. The van der Waals surface area contributed by atoms with Crippen molar-refractivity contribution in [2.24, 2.45) is 0 Å². The van der Waals surface area contributed by atoms with Crippen molar-refractivity contribution in [3.8, 4) is 5.75 Å². The highest BCUT2D eigenvalue weighted by molar-refractivity contribution is 7.89. The second-order valence-corrected chi connectivity index (χ2v) is 10.8. The minimum absolute atomic E-state index is 0.0101. The van der Waals surface area contributed by atoms with E-state index in [0.717, 1.165) is 6.07 Å². The number of piperidine rings is 1. The smallest absolute Gasteiger partial charge is 0.323 e. The van der Waals surface area contributed by atoms with Crippen molar-refractivity contribution < 1.29 is 36.6 Å². The lowest BCUT2D eigenvalue weighted by atomic mass is 10.0. The number of benzene rings is 2. The lowest BCUT2D eigenvalue weighted by Crippen LogP contribution is -2.48. The number of ether oxygens (including phenoxy) is 1. The van der Waals surface area contributed by atoms with Crippen LogP contribution in [0.2, 0.25) is 0 Å². The number of hydrogen-bond acceptors (Lipinski definition) is 9. The van der Waals surface area contributed by atoms with Gasteiger partial charge in [-0.1, -0.05) is 0 Å². The van der Waals surface area contributed by atoms with Crippen LogP contribution in [0.25, 0.3) is 0 Å². The largest absolute Gasteiger partial charge is 0.497 e. The molecule has 41 heavy (non-hydrogen) atoms. The average molecular weight is 591 g/mol. The summed E-state index contributed by atoms with van der Waals surface area (Å²) in [4.78, 5) is 34.0. The summed E-state index contributed by atoms with van der Waals surface area (Å²) in [6, 6.07) is 7.54. The Balaban J connectivity index is 1.37. The van der Waals surface area contributed by atoms with Crippen molar-refractivity contribution in [3.05, 3.63) is 72.1 Å². The summed E-state index contributed by atoms with van der Waals surface area (Å²) in [6.07, 6.45) is 4.46.